The number of hydrogen-bond donors (Lipinski definition) is 2. The molecule has 0 amide bonds. The van der Waals surface area contributed by atoms with Crippen LogP contribution in [0.25, 0.3) is 11.0 Å². The molecule has 2 N–H and O–H groups in total. The smallest absolute Gasteiger partial charge is 0.307 e. The summed E-state index contributed by atoms with van der Waals surface area (Å²) in [5.74, 6) is 2.96. The third-order valence-electron chi connectivity index (χ3n) is 7.23. The Morgan fingerprint density at radius 2 is 1.89 bits per heavy atom. The fourth-order valence-electron chi connectivity index (χ4n) is 5.55. The fourth-order valence-corrected chi connectivity index (χ4v) is 5.55. The molecule has 0 bridgehead atoms. The molecule has 194 valence electrons. The lowest BCUT2D eigenvalue weighted by molar-refractivity contribution is -0.136. The van der Waals surface area contributed by atoms with Crippen LogP contribution < -0.4 is 14.8 Å². The van der Waals surface area contributed by atoms with Gasteiger partial charge in [0.1, 0.15) is 11.5 Å². The highest BCUT2D eigenvalue weighted by atomic mass is 16.5. The van der Waals surface area contributed by atoms with E-state index >= 15 is 0 Å². The molecular formula is C29H39N3O4. The molecule has 1 aliphatic carbocycles. The summed E-state index contributed by atoms with van der Waals surface area (Å²) in [4.78, 5) is 16.5. The van der Waals surface area contributed by atoms with E-state index in [0.29, 0.717) is 29.1 Å². The van der Waals surface area contributed by atoms with Gasteiger partial charge in [0.25, 0.3) is 0 Å². The van der Waals surface area contributed by atoms with E-state index < -0.39 is 5.97 Å². The molecule has 0 aliphatic heterocycles. The Bertz CT molecular complexity index is 1200. The first-order chi connectivity index (χ1) is 17.2. The number of benzene rings is 2. The number of methoxy groups -OCH3 is 1. The predicted octanol–water partition coefficient (Wildman–Crippen LogP) is 6.84. The van der Waals surface area contributed by atoms with Crippen LogP contribution in [0.5, 0.6) is 11.5 Å². The van der Waals surface area contributed by atoms with Crippen molar-refractivity contribution in [3.8, 4) is 11.5 Å². The molecule has 36 heavy (non-hydrogen) atoms. The first-order valence-corrected chi connectivity index (χ1v) is 13.0. The van der Waals surface area contributed by atoms with Crippen LogP contribution in [-0.4, -0.2) is 33.8 Å². The molecule has 0 radical (unpaired) electrons. The normalized spacial score (nSPS) is 20.2. The Morgan fingerprint density at radius 1 is 1.17 bits per heavy atom. The molecule has 2 aromatic carbocycles. The lowest BCUT2D eigenvalue weighted by Crippen LogP contribution is -2.30. The van der Waals surface area contributed by atoms with Crippen LogP contribution in [0, 0.1) is 17.8 Å². The number of rotatable bonds is 9. The summed E-state index contributed by atoms with van der Waals surface area (Å²) >= 11 is 0. The molecule has 0 spiro atoms. The minimum absolute atomic E-state index is 0.110. The van der Waals surface area contributed by atoms with Crippen LogP contribution in [0.3, 0.4) is 0 Å². The van der Waals surface area contributed by atoms with Crippen molar-refractivity contribution in [3.63, 3.8) is 0 Å². The van der Waals surface area contributed by atoms with Crippen LogP contribution >= 0.6 is 0 Å². The van der Waals surface area contributed by atoms with Gasteiger partial charge in [0, 0.05) is 23.4 Å². The summed E-state index contributed by atoms with van der Waals surface area (Å²) in [6.45, 7) is 11.0. The highest BCUT2D eigenvalue weighted by molar-refractivity contribution is 5.84. The van der Waals surface area contributed by atoms with Crippen molar-refractivity contribution in [2.24, 2.45) is 17.8 Å². The topological polar surface area (TPSA) is 85.6 Å². The Hall–Kier alpha value is -3.22. The zero-order chi connectivity index (χ0) is 26.0. The summed E-state index contributed by atoms with van der Waals surface area (Å²) in [5, 5.41) is 13.0. The van der Waals surface area contributed by atoms with Crippen molar-refractivity contribution in [2.45, 2.75) is 72.4 Å². The summed E-state index contributed by atoms with van der Waals surface area (Å²) in [6.07, 6.45) is 3.49. The standard InChI is InChI=1S/C29H39N3O4/c1-17(2)23-12-7-19(5)13-25(23)32-26-16-27(35-6)20(15-28(33)34)14-24(26)31-29(32)30-21-8-10-22(11-9-21)36-18(3)4/h8-11,14,16-19,23,25H,7,12-13,15H2,1-6H3,(H,30,31)(H,33,34)/t19-,23+,25-/m1/s1. The van der Waals surface area contributed by atoms with Crippen LogP contribution in [0.2, 0.25) is 0 Å². The second-order valence-electron chi connectivity index (χ2n) is 10.7. The van der Waals surface area contributed by atoms with Crippen molar-refractivity contribution in [3.05, 3.63) is 42.0 Å². The van der Waals surface area contributed by atoms with Crippen LogP contribution in [-0.2, 0) is 11.2 Å². The summed E-state index contributed by atoms with van der Waals surface area (Å²) < 4.78 is 13.8. The van der Waals surface area contributed by atoms with E-state index in [1.807, 2.05) is 50.2 Å². The van der Waals surface area contributed by atoms with E-state index in [9.17, 15) is 9.90 Å². The average Bonchev–Trinajstić information content (AvgIpc) is 3.15. The van der Waals surface area contributed by atoms with E-state index in [-0.39, 0.29) is 18.6 Å². The first kappa shape index (κ1) is 25.9. The molecule has 1 fully saturated rings. The largest absolute Gasteiger partial charge is 0.496 e. The highest BCUT2D eigenvalue weighted by Gasteiger charge is 2.34. The molecule has 3 atom stereocenters. The zero-order valence-electron chi connectivity index (χ0n) is 22.2. The van der Waals surface area contributed by atoms with Gasteiger partial charge in [-0.15, -0.1) is 0 Å². The monoisotopic (exact) mass is 493 g/mol. The van der Waals surface area contributed by atoms with Gasteiger partial charge in [0.05, 0.1) is 30.7 Å². The second-order valence-corrected chi connectivity index (χ2v) is 10.7. The molecule has 7 heteroatoms. The molecule has 3 aromatic rings. The lowest BCUT2D eigenvalue weighted by Gasteiger charge is -2.39. The molecule has 1 saturated carbocycles. The number of nitrogens with one attached hydrogen (secondary N) is 1. The molecule has 4 rings (SSSR count). The molecular weight excluding hydrogens is 454 g/mol. The number of carboxylic acid groups (broad SMARTS) is 1. The zero-order valence-corrected chi connectivity index (χ0v) is 22.2. The number of anilines is 2. The maximum atomic E-state index is 11.5. The molecule has 0 unspecified atom stereocenters. The van der Waals surface area contributed by atoms with Crippen molar-refractivity contribution in [1.29, 1.82) is 0 Å². The Labute approximate surface area is 213 Å². The summed E-state index contributed by atoms with van der Waals surface area (Å²) in [6, 6.07) is 12.0. The number of carboxylic acids is 1. The van der Waals surface area contributed by atoms with Gasteiger partial charge in [-0.25, -0.2) is 4.98 Å². The average molecular weight is 494 g/mol. The van der Waals surface area contributed by atoms with Crippen LogP contribution in [0.4, 0.5) is 11.6 Å². The molecule has 1 aliphatic rings. The van der Waals surface area contributed by atoms with Crippen LogP contribution in [0.1, 0.15) is 65.5 Å². The Morgan fingerprint density at radius 3 is 2.50 bits per heavy atom. The number of nitrogens with zero attached hydrogens (tertiary/aromatic N) is 2. The summed E-state index contributed by atoms with van der Waals surface area (Å²) in [5.41, 5.74) is 3.29. The minimum atomic E-state index is -0.893. The lowest BCUT2D eigenvalue weighted by atomic mass is 9.74. The molecule has 7 nitrogen and oxygen atoms in total. The third kappa shape index (κ3) is 5.61. The van der Waals surface area contributed by atoms with E-state index in [4.69, 9.17) is 14.5 Å². The number of aromatic nitrogens is 2. The van der Waals surface area contributed by atoms with Gasteiger partial charge in [-0.1, -0.05) is 27.2 Å². The third-order valence-corrected chi connectivity index (χ3v) is 7.23. The van der Waals surface area contributed by atoms with Crippen molar-refractivity contribution < 1.29 is 19.4 Å². The fraction of sp³-hybridized carbons (Fsp3) is 0.517. The predicted molar refractivity (Wildman–Crippen MR) is 143 cm³/mol. The number of hydrogen-bond acceptors (Lipinski definition) is 5. The van der Waals surface area contributed by atoms with Gasteiger partial charge in [0.15, 0.2) is 0 Å². The van der Waals surface area contributed by atoms with E-state index in [0.717, 1.165) is 34.8 Å². The van der Waals surface area contributed by atoms with Gasteiger partial charge in [-0.3, -0.25) is 4.79 Å². The van der Waals surface area contributed by atoms with E-state index in [1.54, 1.807) is 7.11 Å². The maximum absolute atomic E-state index is 11.5. The number of aliphatic carboxylic acids is 1. The number of imidazole rings is 1. The van der Waals surface area contributed by atoms with Gasteiger partial charge in [-0.2, -0.15) is 0 Å². The first-order valence-electron chi connectivity index (χ1n) is 13.0. The quantitative estimate of drug-likeness (QED) is 0.340. The number of ether oxygens (including phenoxy) is 2. The van der Waals surface area contributed by atoms with Gasteiger partial charge >= 0.3 is 5.97 Å². The molecule has 0 saturated heterocycles. The SMILES string of the molecule is COc1cc2c(cc1CC(=O)O)nc(Nc1ccc(OC(C)C)cc1)n2[C@@H]1C[C@H](C)CC[C@H]1C(C)C. The number of fused-ring (bicyclic) bond motifs is 1. The molecule has 1 heterocycles. The minimum Gasteiger partial charge on any atom is -0.496 e. The maximum Gasteiger partial charge on any atom is 0.307 e. The number of carbonyl (C=O) groups is 1. The van der Waals surface area contributed by atoms with Crippen molar-refractivity contribution >= 4 is 28.6 Å². The van der Waals surface area contributed by atoms with Gasteiger partial charge in [0.2, 0.25) is 5.95 Å². The van der Waals surface area contributed by atoms with Gasteiger partial charge < -0.3 is 24.5 Å². The summed E-state index contributed by atoms with van der Waals surface area (Å²) in [7, 11) is 1.59. The van der Waals surface area contributed by atoms with Gasteiger partial charge in [-0.05, 0) is 74.8 Å². The van der Waals surface area contributed by atoms with E-state index in [2.05, 4.69) is 30.7 Å². The Kier molecular flexibility index (Phi) is 7.76. The Balaban J connectivity index is 1.83. The van der Waals surface area contributed by atoms with E-state index in [1.165, 1.54) is 12.8 Å². The van der Waals surface area contributed by atoms with Crippen LogP contribution in [0.15, 0.2) is 36.4 Å². The van der Waals surface area contributed by atoms with Crippen molar-refractivity contribution in [1.82, 2.24) is 9.55 Å². The van der Waals surface area contributed by atoms with Crippen molar-refractivity contribution in [2.75, 3.05) is 12.4 Å². The molecule has 1 aromatic heterocycles. The second kappa shape index (κ2) is 10.8. The highest BCUT2D eigenvalue weighted by Crippen LogP contribution is 2.45.